The van der Waals surface area contributed by atoms with Crippen molar-refractivity contribution in [1.29, 1.82) is 0 Å². The molecule has 0 fully saturated rings. The number of aromatic nitrogens is 2. The molecule has 0 aromatic carbocycles. The Hall–Kier alpha value is -0.870. The third kappa shape index (κ3) is 3.61. The summed E-state index contributed by atoms with van der Waals surface area (Å²) >= 11 is 0. The van der Waals surface area contributed by atoms with Crippen LogP contribution in [-0.4, -0.2) is 29.5 Å². The fourth-order valence-corrected chi connectivity index (χ4v) is 1.65. The van der Waals surface area contributed by atoms with E-state index in [1.165, 1.54) is 5.69 Å². The number of nitrogens with zero attached hydrogens (tertiary/aromatic N) is 2. The van der Waals surface area contributed by atoms with Gasteiger partial charge < -0.3 is 10.1 Å². The lowest BCUT2D eigenvalue weighted by molar-refractivity contribution is 0.0172. The molecule has 1 unspecified atom stereocenters. The minimum absolute atomic E-state index is 0.161. The van der Waals surface area contributed by atoms with Crippen LogP contribution in [0.25, 0.3) is 0 Å². The first-order valence-electron chi connectivity index (χ1n) is 5.65. The standard InChI is InChI=1S/C12H23N3O/c1-12(2,3)11(16-5)9-13-8-10-6-7-14-15(10)4/h6-7,11,13H,8-9H2,1-5H3. The van der Waals surface area contributed by atoms with Crippen molar-refractivity contribution < 1.29 is 4.74 Å². The van der Waals surface area contributed by atoms with Crippen molar-refractivity contribution in [3.63, 3.8) is 0 Å². The maximum Gasteiger partial charge on any atom is 0.0743 e. The van der Waals surface area contributed by atoms with Gasteiger partial charge in [0.25, 0.3) is 0 Å². The molecule has 0 spiro atoms. The van der Waals surface area contributed by atoms with Gasteiger partial charge in [-0.15, -0.1) is 0 Å². The van der Waals surface area contributed by atoms with Crippen LogP contribution in [0.1, 0.15) is 26.5 Å². The highest BCUT2D eigenvalue weighted by Gasteiger charge is 2.23. The van der Waals surface area contributed by atoms with Gasteiger partial charge in [0, 0.05) is 33.4 Å². The number of nitrogens with one attached hydrogen (secondary N) is 1. The molecule has 0 aliphatic carbocycles. The third-order valence-electron chi connectivity index (χ3n) is 2.81. The van der Waals surface area contributed by atoms with Crippen LogP contribution in [0, 0.1) is 5.41 Å². The molecule has 4 heteroatoms. The van der Waals surface area contributed by atoms with Gasteiger partial charge in [-0.3, -0.25) is 4.68 Å². The molecule has 1 heterocycles. The molecule has 0 radical (unpaired) electrons. The van der Waals surface area contributed by atoms with Gasteiger partial charge in [-0.25, -0.2) is 0 Å². The lowest BCUT2D eigenvalue weighted by atomic mass is 9.89. The van der Waals surface area contributed by atoms with Gasteiger partial charge in [-0.2, -0.15) is 5.10 Å². The highest BCUT2D eigenvalue weighted by Crippen LogP contribution is 2.20. The molecule has 1 atom stereocenters. The Morgan fingerprint density at radius 1 is 1.50 bits per heavy atom. The predicted molar refractivity (Wildman–Crippen MR) is 65.2 cm³/mol. The maximum absolute atomic E-state index is 5.48. The Labute approximate surface area is 98.0 Å². The van der Waals surface area contributed by atoms with E-state index in [-0.39, 0.29) is 11.5 Å². The second kappa shape index (κ2) is 5.46. The van der Waals surface area contributed by atoms with Crippen molar-refractivity contribution in [2.45, 2.75) is 33.4 Å². The summed E-state index contributed by atoms with van der Waals surface area (Å²) in [6, 6.07) is 2.02. The summed E-state index contributed by atoms with van der Waals surface area (Å²) in [5, 5.41) is 7.53. The molecule has 16 heavy (non-hydrogen) atoms. The molecule has 92 valence electrons. The monoisotopic (exact) mass is 225 g/mol. The van der Waals surface area contributed by atoms with Gasteiger partial charge >= 0.3 is 0 Å². The molecule has 0 amide bonds. The molecular weight excluding hydrogens is 202 g/mol. The van der Waals surface area contributed by atoms with E-state index < -0.39 is 0 Å². The number of methoxy groups -OCH3 is 1. The number of hydrogen-bond acceptors (Lipinski definition) is 3. The zero-order valence-corrected chi connectivity index (χ0v) is 10.9. The number of rotatable bonds is 5. The van der Waals surface area contributed by atoms with Gasteiger partial charge in [0.1, 0.15) is 0 Å². The van der Waals surface area contributed by atoms with Gasteiger partial charge in [-0.05, 0) is 11.5 Å². The molecule has 0 bridgehead atoms. The smallest absolute Gasteiger partial charge is 0.0743 e. The van der Waals surface area contributed by atoms with Crippen LogP contribution in [0.2, 0.25) is 0 Å². The van der Waals surface area contributed by atoms with Crippen LogP contribution in [-0.2, 0) is 18.3 Å². The molecule has 1 aromatic heterocycles. The number of hydrogen-bond donors (Lipinski definition) is 1. The minimum Gasteiger partial charge on any atom is -0.380 e. The van der Waals surface area contributed by atoms with Gasteiger partial charge in [0.2, 0.25) is 0 Å². The van der Waals surface area contributed by atoms with E-state index in [1.54, 1.807) is 7.11 Å². The fraction of sp³-hybridized carbons (Fsp3) is 0.750. The first-order valence-corrected chi connectivity index (χ1v) is 5.65. The van der Waals surface area contributed by atoms with Crippen LogP contribution >= 0.6 is 0 Å². The molecule has 0 aliphatic heterocycles. The van der Waals surface area contributed by atoms with E-state index in [1.807, 2.05) is 24.0 Å². The van der Waals surface area contributed by atoms with E-state index in [4.69, 9.17) is 4.74 Å². The van der Waals surface area contributed by atoms with Crippen molar-refractivity contribution in [2.75, 3.05) is 13.7 Å². The summed E-state index contributed by atoms with van der Waals surface area (Å²) in [5.41, 5.74) is 1.34. The predicted octanol–water partition coefficient (Wildman–Crippen LogP) is 1.57. The highest BCUT2D eigenvalue weighted by molar-refractivity contribution is 4.99. The zero-order chi connectivity index (χ0) is 12.2. The maximum atomic E-state index is 5.48. The Morgan fingerprint density at radius 2 is 2.19 bits per heavy atom. The Balaban J connectivity index is 2.37. The Bertz CT molecular complexity index is 314. The summed E-state index contributed by atoms with van der Waals surface area (Å²) < 4.78 is 7.36. The normalized spacial score (nSPS) is 14.1. The Kier molecular flexibility index (Phi) is 4.50. The van der Waals surface area contributed by atoms with Crippen molar-refractivity contribution >= 4 is 0 Å². The SMILES string of the molecule is COC(CNCc1ccnn1C)C(C)(C)C. The van der Waals surface area contributed by atoms with E-state index in [0.717, 1.165) is 13.1 Å². The molecule has 1 aromatic rings. The molecule has 1 N–H and O–H groups in total. The summed E-state index contributed by atoms with van der Waals surface area (Å²) in [6.07, 6.45) is 2.04. The van der Waals surface area contributed by atoms with E-state index in [9.17, 15) is 0 Å². The average molecular weight is 225 g/mol. The third-order valence-corrected chi connectivity index (χ3v) is 2.81. The largest absolute Gasteiger partial charge is 0.380 e. The van der Waals surface area contributed by atoms with Crippen molar-refractivity contribution in [3.05, 3.63) is 18.0 Å². The average Bonchev–Trinajstić information content (AvgIpc) is 2.57. The quantitative estimate of drug-likeness (QED) is 0.826. The van der Waals surface area contributed by atoms with Gasteiger partial charge in [-0.1, -0.05) is 20.8 Å². The van der Waals surface area contributed by atoms with E-state index >= 15 is 0 Å². The lowest BCUT2D eigenvalue weighted by Gasteiger charge is -2.29. The molecule has 0 saturated heterocycles. The Morgan fingerprint density at radius 3 is 2.62 bits per heavy atom. The molecule has 0 aliphatic rings. The number of aryl methyl sites for hydroxylation is 1. The van der Waals surface area contributed by atoms with Gasteiger partial charge in [0.05, 0.1) is 11.8 Å². The fourth-order valence-electron chi connectivity index (χ4n) is 1.65. The van der Waals surface area contributed by atoms with Crippen LogP contribution in [0.15, 0.2) is 12.3 Å². The first kappa shape index (κ1) is 13.2. The van der Waals surface area contributed by atoms with Crippen molar-refractivity contribution in [1.82, 2.24) is 15.1 Å². The molecular formula is C12H23N3O. The van der Waals surface area contributed by atoms with Crippen molar-refractivity contribution in [2.24, 2.45) is 12.5 Å². The first-order chi connectivity index (χ1) is 7.45. The lowest BCUT2D eigenvalue weighted by Crippen LogP contribution is -2.38. The topological polar surface area (TPSA) is 39.1 Å². The van der Waals surface area contributed by atoms with Gasteiger partial charge in [0.15, 0.2) is 0 Å². The van der Waals surface area contributed by atoms with Crippen LogP contribution in [0.3, 0.4) is 0 Å². The highest BCUT2D eigenvalue weighted by atomic mass is 16.5. The molecule has 0 saturated carbocycles. The number of ether oxygens (including phenoxy) is 1. The summed E-state index contributed by atoms with van der Waals surface area (Å²) in [4.78, 5) is 0. The molecule has 4 nitrogen and oxygen atoms in total. The van der Waals surface area contributed by atoms with Crippen LogP contribution in [0.4, 0.5) is 0 Å². The minimum atomic E-state index is 0.161. The summed E-state index contributed by atoms with van der Waals surface area (Å²) in [7, 11) is 3.72. The molecule has 1 rings (SSSR count). The second-order valence-electron chi connectivity index (χ2n) is 5.17. The van der Waals surface area contributed by atoms with E-state index in [2.05, 4.69) is 31.2 Å². The zero-order valence-electron chi connectivity index (χ0n) is 10.9. The second-order valence-corrected chi connectivity index (χ2v) is 5.17. The summed E-state index contributed by atoms with van der Waals surface area (Å²) in [6.45, 7) is 8.24. The van der Waals surface area contributed by atoms with Crippen molar-refractivity contribution in [3.8, 4) is 0 Å². The summed E-state index contributed by atoms with van der Waals surface area (Å²) in [5.74, 6) is 0. The van der Waals surface area contributed by atoms with Crippen LogP contribution < -0.4 is 5.32 Å². The van der Waals surface area contributed by atoms with E-state index in [0.29, 0.717) is 0 Å². The van der Waals surface area contributed by atoms with Crippen LogP contribution in [0.5, 0.6) is 0 Å².